The van der Waals surface area contributed by atoms with Crippen LogP contribution < -0.4 is 10.1 Å². The summed E-state index contributed by atoms with van der Waals surface area (Å²) in [6.07, 6.45) is 1.06. The number of fused-ring (bicyclic) bond motifs is 1. The molecule has 0 fully saturated rings. The van der Waals surface area contributed by atoms with Crippen LogP contribution in [0.3, 0.4) is 0 Å². The van der Waals surface area contributed by atoms with Gasteiger partial charge in [-0.15, -0.1) is 0 Å². The Morgan fingerprint density at radius 3 is 2.60 bits per heavy atom. The van der Waals surface area contributed by atoms with Crippen molar-refractivity contribution in [2.75, 3.05) is 12.4 Å². The summed E-state index contributed by atoms with van der Waals surface area (Å²) in [6.45, 7) is 6.41. The van der Waals surface area contributed by atoms with Crippen molar-refractivity contribution >= 4 is 5.69 Å². The Kier molecular flexibility index (Phi) is 3.17. The molecule has 3 rings (SSSR count). The van der Waals surface area contributed by atoms with Crippen molar-refractivity contribution in [3.8, 4) is 5.75 Å². The van der Waals surface area contributed by atoms with Gasteiger partial charge >= 0.3 is 0 Å². The Balaban J connectivity index is 1.95. The molecule has 0 aliphatic carbocycles. The topological polar surface area (TPSA) is 21.3 Å². The van der Waals surface area contributed by atoms with Crippen molar-refractivity contribution in [3.63, 3.8) is 0 Å². The first-order chi connectivity index (χ1) is 9.58. The summed E-state index contributed by atoms with van der Waals surface area (Å²) in [7, 11) is 1.73. The smallest absolute Gasteiger partial charge is 0.122 e. The van der Waals surface area contributed by atoms with Gasteiger partial charge in [0.15, 0.2) is 0 Å². The van der Waals surface area contributed by atoms with Crippen molar-refractivity contribution in [3.05, 3.63) is 58.1 Å². The number of benzene rings is 2. The first kappa shape index (κ1) is 13.0. The quantitative estimate of drug-likeness (QED) is 0.874. The van der Waals surface area contributed by atoms with Gasteiger partial charge in [0.2, 0.25) is 0 Å². The number of rotatable bonds is 2. The van der Waals surface area contributed by atoms with Crippen molar-refractivity contribution in [2.45, 2.75) is 33.2 Å². The van der Waals surface area contributed by atoms with E-state index in [9.17, 15) is 0 Å². The molecule has 0 aromatic heterocycles. The molecule has 2 aromatic carbocycles. The van der Waals surface area contributed by atoms with E-state index in [1.165, 1.54) is 33.5 Å². The summed E-state index contributed by atoms with van der Waals surface area (Å²) in [5.74, 6) is 0.970. The van der Waals surface area contributed by atoms with Crippen LogP contribution in [-0.4, -0.2) is 7.11 Å². The molecule has 2 aromatic rings. The zero-order valence-corrected chi connectivity index (χ0v) is 12.6. The summed E-state index contributed by atoms with van der Waals surface area (Å²) in [4.78, 5) is 0. The lowest BCUT2D eigenvalue weighted by molar-refractivity contribution is 0.411. The van der Waals surface area contributed by atoms with Crippen LogP contribution in [-0.2, 0) is 6.42 Å². The third kappa shape index (κ3) is 2.15. The molecule has 2 nitrogen and oxygen atoms in total. The van der Waals surface area contributed by atoms with Gasteiger partial charge in [0.1, 0.15) is 5.75 Å². The highest BCUT2D eigenvalue weighted by molar-refractivity contribution is 5.60. The minimum absolute atomic E-state index is 0.372. The zero-order valence-electron chi connectivity index (χ0n) is 12.6. The molecule has 2 heteroatoms. The Hall–Kier alpha value is -1.96. The molecule has 0 amide bonds. The van der Waals surface area contributed by atoms with E-state index in [1.54, 1.807) is 7.11 Å². The molecule has 1 aliphatic rings. The molecular formula is C18H21NO. The van der Waals surface area contributed by atoms with Crippen molar-refractivity contribution < 1.29 is 4.74 Å². The van der Waals surface area contributed by atoms with Gasteiger partial charge in [-0.3, -0.25) is 0 Å². The second-order valence-electron chi connectivity index (χ2n) is 5.74. The predicted molar refractivity (Wildman–Crippen MR) is 83.7 cm³/mol. The van der Waals surface area contributed by atoms with E-state index in [0.29, 0.717) is 6.04 Å². The zero-order chi connectivity index (χ0) is 14.3. The number of ether oxygens (including phenoxy) is 1. The molecule has 0 spiro atoms. The van der Waals surface area contributed by atoms with Gasteiger partial charge in [0, 0.05) is 5.69 Å². The molecule has 1 heterocycles. The lowest BCUT2D eigenvalue weighted by Gasteiger charge is -2.17. The van der Waals surface area contributed by atoms with E-state index < -0.39 is 0 Å². The number of nitrogens with one attached hydrogen (secondary N) is 1. The molecule has 20 heavy (non-hydrogen) atoms. The average molecular weight is 267 g/mol. The van der Waals surface area contributed by atoms with Crippen LogP contribution in [0.5, 0.6) is 5.75 Å². The molecule has 0 radical (unpaired) electrons. The highest BCUT2D eigenvalue weighted by atomic mass is 16.5. The maximum atomic E-state index is 5.40. The SMILES string of the molecule is COc1cc(C)c(C2Cc3cc(C)ccc3N2)cc1C. The van der Waals surface area contributed by atoms with Crippen LogP contribution in [0.25, 0.3) is 0 Å². The molecular weight excluding hydrogens is 246 g/mol. The molecule has 0 bridgehead atoms. The second kappa shape index (κ2) is 4.86. The summed E-state index contributed by atoms with van der Waals surface area (Å²) in [6, 6.07) is 11.4. The molecule has 1 unspecified atom stereocenters. The van der Waals surface area contributed by atoms with E-state index >= 15 is 0 Å². The Bertz CT molecular complexity index is 661. The van der Waals surface area contributed by atoms with Gasteiger partial charge in [-0.2, -0.15) is 0 Å². The summed E-state index contributed by atoms with van der Waals surface area (Å²) in [5, 5.41) is 3.64. The molecule has 1 atom stereocenters. The highest BCUT2D eigenvalue weighted by Crippen LogP contribution is 2.37. The first-order valence-corrected chi connectivity index (χ1v) is 7.09. The van der Waals surface area contributed by atoms with Gasteiger partial charge in [-0.05, 0) is 61.6 Å². The van der Waals surface area contributed by atoms with E-state index in [4.69, 9.17) is 4.74 Å². The minimum atomic E-state index is 0.372. The number of anilines is 1. The van der Waals surface area contributed by atoms with Gasteiger partial charge in [0.25, 0.3) is 0 Å². The fraction of sp³-hybridized carbons (Fsp3) is 0.333. The molecule has 1 N–H and O–H groups in total. The third-order valence-corrected chi connectivity index (χ3v) is 4.17. The predicted octanol–water partition coefficient (Wildman–Crippen LogP) is 4.33. The van der Waals surface area contributed by atoms with Crippen LogP contribution in [0, 0.1) is 20.8 Å². The lowest BCUT2D eigenvalue weighted by atomic mass is 9.96. The van der Waals surface area contributed by atoms with Crippen molar-refractivity contribution in [1.29, 1.82) is 0 Å². The Morgan fingerprint density at radius 2 is 1.85 bits per heavy atom. The Labute approximate surface area is 120 Å². The second-order valence-corrected chi connectivity index (χ2v) is 5.74. The maximum Gasteiger partial charge on any atom is 0.122 e. The maximum absolute atomic E-state index is 5.40. The largest absolute Gasteiger partial charge is 0.496 e. The molecule has 1 aliphatic heterocycles. The Morgan fingerprint density at radius 1 is 1.05 bits per heavy atom. The van der Waals surface area contributed by atoms with Crippen molar-refractivity contribution in [2.24, 2.45) is 0 Å². The van der Waals surface area contributed by atoms with Gasteiger partial charge in [-0.1, -0.05) is 23.8 Å². The standard InChI is InChI=1S/C18H21NO/c1-11-5-6-16-14(7-11)10-17(19-16)15-8-13(3)18(20-4)9-12(15)2/h5-9,17,19H,10H2,1-4H3. The summed E-state index contributed by atoms with van der Waals surface area (Å²) < 4.78 is 5.40. The van der Waals surface area contributed by atoms with Crippen LogP contribution in [0.2, 0.25) is 0 Å². The van der Waals surface area contributed by atoms with Crippen molar-refractivity contribution in [1.82, 2.24) is 0 Å². The van der Waals surface area contributed by atoms with E-state index in [1.807, 2.05) is 0 Å². The fourth-order valence-corrected chi connectivity index (χ4v) is 3.09. The molecule has 104 valence electrons. The summed E-state index contributed by atoms with van der Waals surface area (Å²) >= 11 is 0. The van der Waals surface area contributed by atoms with Gasteiger partial charge < -0.3 is 10.1 Å². The van der Waals surface area contributed by atoms with Gasteiger partial charge in [0.05, 0.1) is 13.2 Å². The fourth-order valence-electron chi connectivity index (χ4n) is 3.09. The van der Waals surface area contributed by atoms with E-state index in [2.05, 4.69) is 56.4 Å². The number of aryl methyl sites for hydroxylation is 3. The average Bonchev–Trinajstić information content (AvgIpc) is 2.83. The normalized spacial score (nSPS) is 16.7. The number of methoxy groups -OCH3 is 1. The van der Waals surface area contributed by atoms with E-state index in [-0.39, 0.29) is 0 Å². The minimum Gasteiger partial charge on any atom is -0.496 e. The van der Waals surface area contributed by atoms with Gasteiger partial charge in [-0.25, -0.2) is 0 Å². The lowest BCUT2D eigenvalue weighted by Crippen LogP contribution is -2.08. The highest BCUT2D eigenvalue weighted by Gasteiger charge is 2.23. The van der Waals surface area contributed by atoms with Crippen LogP contribution >= 0.6 is 0 Å². The summed E-state index contributed by atoms with van der Waals surface area (Å²) in [5.41, 5.74) is 7.87. The van der Waals surface area contributed by atoms with Crippen LogP contribution in [0.1, 0.15) is 33.9 Å². The third-order valence-electron chi connectivity index (χ3n) is 4.17. The van der Waals surface area contributed by atoms with E-state index in [0.717, 1.165) is 12.2 Å². The molecule has 0 saturated heterocycles. The number of hydrogen-bond acceptors (Lipinski definition) is 2. The molecule has 0 saturated carbocycles. The first-order valence-electron chi connectivity index (χ1n) is 7.09. The number of hydrogen-bond donors (Lipinski definition) is 1. The monoisotopic (exact) mass is 267 g/mol. The van der Waals surface area contributed by atoms with Crippen LogP contribution in [0.4, 0.5) is 5.69 Å². The van der Waals surface area contributed by atoms with Crippen LogP contribution in [0.15, 0.2) is 30.3 Å².